The van der Waals surface area contributed by atoms with Crippen molar-refractivity contribution in [1.29, 1.82) is 0 Å². The third-order valence-electron chi connectivity index (χ3n) is 3.36. The van der Waals surface area contributed by atoms with Crippen molar-refractivity contribution in [2.24, 2.45) is 10.2 Å². The van der Waals surface area contributed by atoms with Gasteiger partial charge in [0.25, 0.3) is 5.91 Å². The number of hydrogen-bond donors (Lipinski definition) is 2. The lowest BCUT2D eigenvalue weighted by molar-refractivity contribution is -0.115. The molecule has 0 unspecified atom stereocenters. The van der Waals surface area contributed by atoms with E-state index in [1.165, 1.54) is 17.3 Å². The van der Waals surface area contributed by atoms with Gasteiger partial charge in [0.05, 0.1) is 11.3 Å². The predicted molar refractivity (Wildman–Crippen MR) is 99.1 cm³/mol. The molecule has 1 heterocycles. The van der Waals surface area contributed by atoms with Crippen LogP contribution in [0.5, 0.6) is 5.88 Å². The van der Waals surface area contributed by atoms with E-state index < -0.39 is 0 Å². The molecule has 0 aliphatic carbocycles. The number of benzene rings is 2. The Morgan fingerprint density at radius 2 is 2.00 bits per heavy atom. The van der Waals surface area contributed by atoms with Crippen LogP contribution in [-0.2, 0) is 4.79 Å². The summed E-state index contributed by atoms with van der Waals surface area (Å²) in [5.41, 5.74) is 2.16. The van der Waals surface area contributed by atoms with Crippen molar-refractivity contribution >= 4 is 50.2 Å². The van der Waals surface area contributed by atoms with Gasteiger partial charge in [0.2, 0.25) is 5.88 Å². The molecule has 0 saturated heterocycles. The number of amides is 1. The van der Waals surface area contributed by atoms with Crippen molar-refractivity contribution in [1.82, 2.24) is 4.98 Å². The molecule has 0 atom stereocenters. The average molecular weight is 404 g/mol. The van der Waals surface area contributed by atoms with E-state index in [-0.39, 0.29) is 23.2 Å². The molecule has 0 bridgehead atoms. The smallest absolute Gasteiger partial charge is 0.274 e. The molecule has 7 heteroatoms. The molecule has 2 N–H and O–H groups in total. The fourth-order valence-electron chi connectivity index (χ4n) is 2.15. The number of H-pyrrole nitrogens is 1. The van der Waals surface area contributed by atoms with Crippen LogP contribution in [0.3, 0.4) is 0 Å². The van der Waals surface area contributed by atoms with Crippen LogP contribution in [0.25, 0.3) is 10.9 Å². The number of aromatic hydroxyl groups is 1. The maximum absolute atomic E-state index is 11.9. The number of aryl methyl sites for hydroxylation is 1. The second-order valence-electron chi connectivity index (χ2n) is 5.21. The zero-order valence-corrected chi connectivity index (χ0v) is 15.2. The molecule has 1 aromatic heterocycles. The molecule has 122 valence electrons. The Labute approximate surface area is 151 Å². The monoisotopic (exact) mass is 403 g/mol. The van der Waals surface area contributed by atoms with Gasteiger partial charge in [-0.15, -0.1) is 22.0 Å². The molecular weight excluding hydrogens is 390 g/mol. The molecular formula is C17H14BrN3O2S. The highest BCUT2D eigenvalue weighted by Gasteiger charge is 2.11. The Bertz CT molecular complexity index is 919. The van der Waals surface area contributed by atoms with Crippen molar-refractivity contribution in [2.45, 2.75) is 11.8 Å². The van der Waals surface area contributed by atoms with E-state index in [2.05, 4.69) is 31.1 Å². The normalized spacial score (nSPS) is 11.4. The summed E-state index contributed by atoms with van der Waals surface area (Å²) in [5, 5.41) is 18.3. The van der Waals surface area contributed by atoms with E-state index in [4.69, 9.17) is 0 Å². The topological polar surface area (TPSA) is 77.8 Å². The summed E-state index contributed by atoms with van der Waals surface area (Å²) >= 11 is 4.78. The summed E-state index contributed by atoms with van der Waals surface area (Å²) in [7, 11) is 0. The van der Waals surface area contributed by atoms with Gasteiger partial charge >= 0.3 is 0 Å². The largest absolute Gasteiger partial charge is 0.493 e. The quantitative estimate of drug-likeness (QED) is 0.455. The molecule has 2 aromatic carbocycles. The lowest BCUT2D eigenvalue weighted by Crippen LogP contribution is -1.95. The number of nitrogens with one attached hydrogen (secondary N) is 1. The average Bonchev–Trinajstić information content (AvgIpc) is 2.87. The van der Waals surface area contributed by atoms with E-state index in [1.54, 1.807) is 0 Å². The predicted octanol–water partition coefficient (Wildman–Crippen LogP) is 5.35. The molecule has 0 aliphatic rings. The minimum Gasteiger partial charge on any atom is -0.493 e. The lowest BCUT2D eigenvalue weighted by atomic mass is 10.2. The minimum absolute atomic E-state index is 0.106. The first-order valence-electron chi connectivity index (χ1n) is 7.17. The standard InChI is InChI=1S/C17H14BrN3O2S/c1-10-2-5-12(6-3-10)24-9-15(22)20-21-16-13-8-11(18)4-7-14(13)19-17(16)23/h2-8,19,23H,9H2,1H3. The summed E-state index contributed by atoms with van der Waals surface area (Å²) in [5.74, 6) is -0.269. The van der Waals surface area contributed by atoms with Gasteiger partial charge in [0.1, 0.15) is 0 Å². The van der Waals surface area contributed by atoms with Gasteiger partial charge in [0, 0.05) is 14.8 Å². The molecule has 1 amide bonds. The number of fused-ring (bicyclic) bond motifs is 1. The van der Waals surface area contributed by atoms with Gasteiger partial charge in [-0.2, -0.15) is 0 Å². The van der Waals surface area contributed by atoms with E-state index >= 15 is 0 Å². The van der Waals surface area contributed by atoms with Crippen molar-refractivity contribution in [3.05, 3.63) is 52.5 Å². The van der Waals surface area contributed by atoms with Gasteiger partial charge in [-0.3, -0.25) is 4.79 Å². The number of halogens is 1. The zero-order chi connectivity index (χ0) is 17.1. The molecule has 0 radical (unpaired) electrons. The van der Waals surface area contributed by atoms with Gasteiger partial charge in [-0.25, -0.2) is 0 Å². The van der Waals surface area contributed by atoms with Crippen molar-refractivity contribution < 1.29 is 9.90 Å². The van der Waals surface area contributed by atoms with Crippen molar-refractivity contribution in [2.75, 3.05) is 5.75 Å². The molecule has 0 saturated carbocycles. The van der Waals surface area contributed by atoms with Crippen molar-refractivity contribution in [3.8, 4) is 5.88 Å². The Kier molecular flexibility index (Phi) is 5.01. The van der Waals surface area contributed by atoms with Crippen molar-refractivity contribution in [3.63, 3.8) is 0 Å². The van der Waals surface area contributed by atoms with E-state index in [1.807, 2.05) is 49.4 Å². The maximum atomic E-state index is 11.9. The third kappa shape index (κ3) is 3.85. The highest BCUT2D eigenvalue weighted by molar-refractivity contribution is 9.10. The molecule has 5 nitrogen and oxygen atoms in total. The second-order valence-corrected chi connectivity index (χ2v) is 7.17. The number of carbonyl (C=O) groups excluding carboxylic acids is 1. The lowest BCUT2D eigenvalue weighted by Gasteiger charge is -1.99. The number of azo groups is 1. The first-order chi connectivity index (χ1) is 11.5. The van der Waals surface area contributed by atoms with Crippen LogP contribution < -0.4 is 0 Å². The summed E-state index contributed by atoms with van der Waals surface area (Å²) in [6.45, 7) is 2.01. The first-order valence-corrected chi connectivity index (χ1v) is 8.95. The third-order valence-corrected chi connectivity index (χ3v) is 4.85. The number of hydrogen-bond acceptors (Lipinski definition) is 4. The first kappa shape index (κ1) is 16.7. The number of aromatic amines is 1. The van der Waals surface area contributed by atoms with E-state index in [0.717, 1.165) is 14.9 Å². The number of nitrogens with zero attached hydrogens (tertiary/aromatic N) is 2. The summed E-state index contributed by atoms with van der Waals surface area (Å²) in [6.07, 6.45) is 0. The Morgan fingerprint density at radius 1 is 1.25 bits per heavy atom. The number of rotatable bonds is 4. The number of carbonyl (C=O) groups is 1. The van der Waals surface area contributed by atoms with Gasteiger partial charge in [0.15, 0.2) is 5.69 Å². The zero-order valence-electron chi connectivity index (χ0n) is 12.8. The summed E-state index contributed by atoms with van der Waals surface area (Å²) < 4.78 is 0.853. The molecule has 24 heavy (non-hydrogen) atoms. The Balaban J connectivity index is 1.71. The Morgan fingerprint density at radius 3 is 2.75 bits per heavy atom. The van der Waals surface area contributed by atoms with Crippen LogP contribution in [0.15, 0.2) is 62.1 Å². The number of thioether (sulfide) groups is 1. The molecule has 0 fully saturated rings. The van der Waals surface area contributed by atoms with Crippen LogP contribution in [0.4, 0.5) is 5.69 Å². The second kappa shape index (κ2) is 7.19. The van der Waals surface area contributed by atoms with E-state index in [0.29, 0.717) is 5.39 Å². The fourth-order valence-corrected chi connectivity index (χ4v) is 3.19. The highest BCUT2D eigenvalue weighted by Crippen LogP contribution is 2.36. The summed E-state index contributed by atoms with van der Waals surface area (Å²) in [4.78, 5) is 15.7. The highest BCUT2D eigenvalue weighted by atomic mass is 79.9. The van der Waals surface area contributed by atoms with Gasteiger partial charge in [-0.05, 0) is 37.3 Å². The van der Waals surface area contributed by atoms with Crippen LogP contribution in [0.2, 0.25) is 0 Å². The Hall–Kier alpha value is -2.12. The van der Waals surface area contributed by atoms with Crippen LogP contribution in [-0.4, -0.2) is 21.8 Å². The van der Waals surface area contributed by atoms with Gasteiger partial charge < -0.3 is 10.1 Å². The summed E-state index contributed by atoms with van der Waals surface area (Å²) in [6, 6.07) is 13.4. The van der Waals surface area contributed by atoms with E-state index in [9.17, 15) is 9.90 Å². The SMILES string of the molecule is Cc1ccc(SCC(=O)N=Nc2c(O)[nH]c3ccc(Br)cc23)cc1. The van der Waals surface area contributed by atoms with Crippen LogP contribution in [0.1, 0.15) is 5.56 Å². The molecule has 0 spiro atoms. The molecule has 0 aliphatic heterocycles. The fraction of sp³-hybridized carbons (Fsp3) is 0.118. The molecule has 3 aromatic rings. The molecule has 3 rings (SSSR count). The van der Waals surface area contributed by atoms with Gasteiger partial charge in [-0.1, -0.05) is 33.6 Å². The minimum atomic E-state index is -0.357. The van der Waals surface area contributed by atoms with Crippen LogP contribution >= 0.6 is 27.7 Å². The van der Waals surface area contributed by atoms with Crippen LogP contribution in [0, 0.1) is 6.92 Å². The number of aromatic nitrogens is 1. The maximum Gasteiger partial charge on any atom is 0.274 e.